The van der Waals surface area contributed by atoms with Crippen molar-refractivity contribution >= 4 is 15.9 Å². The average molecular weight is 294 g/mol. The van der Waals surface area contributed by atoms with Crippen LogP contribution in [0.5, 0.6) is 0 Å². The molecule has 0 aliphatic heterocycles. The molecule has 0 spiro atoms. The summed E-state index contributed by atoms with van der Waals surface area (Å²) in [4.78, 5) is 0. The molecule has 17 heavy (non-hydrogen) atoms. The zero-order valence-electron chi connectivity index (χ0n) is 10.1. The van der Waals surface area contributed by atoms with E-state index in [0.717, 1.165) is 28.8 Å². The lowest BCUT2D eigenvalue weighted by molar-refractivity contribution is 0.753. The maximum atomic E-state index is 4.58. The van der Waals surface area contributed by atoms with Gasteiger partial charge in [0.25, 0.3) is 0 Å². The fraction of sp³-hybridized carbons (Fsp3) is 0.308. The van der Waals surface area contributed by atoms with Gasteiger partial charge in [0.1, 0.15) is 0 Å². The second-order valence-electron chi connectivity index (χ2n) is 4.06. The third-order valence-corrected chi connectivity index (χ3v) is 3.31. The van der Waals surface area contributed by atoms with Crippen LogP contribution in [-0.4, -0.2) is 23.4 Å². The first kappa shape index (κ1) is 12.3. The van der Waals surface area contributed by atoms with Crippen LogP contribution >= 0.6 is 15.9 Å². The lowest BCUT2D eigenvalue weighted by Gasteiger charge is -2.01. The van der Waals surface area contributed by atoms with E-state index in [9.17, 15) is 0 Å². The Morgan fingerprint density at radius 3 is 2.65 bits per heavy atom. The van der Waals surface area contributed by atoms with E-state index < -0.39 is 0 Å². The number of hydrogen-bond acceptors (Lipinski definition) is 2. The normalized spacial score (nSPS) is 10.8. The SMILES string of the molecule is CNCCc1nn(-c2ccc(C)cc2)cc1Br. The number of nitrogens with one attached hydrogen (secondary N) is 1. The monoisotopic (exact) mass is 293 g/mol. The standard InChI is InChI=1S/C13H16BrN3/c1-10-3-5-11(6-4-10)17-9-12(14)13(16-17)7-8-15-2/h3-6,9,15H,7-8H2,1-2H3. The Hall–Kier alpha value is -1.13. The van der Waals surface area contributed by atoms with E-state index in [1.165, 1.54) is 5.56 Å². The van der Waals surface area contributed by atoms with Crippen LogP contribution in [0, 0.1) is 6.92 Å². The first-order valence-electron chi connectivity index (χ1n) is 5.66. The first-order chi connectivity index (χ1) is 8.20. The van der Waals surface area contributed by atoms with Gasteiger partial charge in [-0.1, -0.05) is 17.7 Å². The molecule has 0 unspecified atom stereocenters. The number of likely N-dealkylation sites (N-methyl/N-ethyl adjacent to an activating group) is 1. The van der Waals surface area contributed by atoms with E-state index in [2.05, 4.69) is 57.5 Å². The molecule has 1 aromatic carbocycles. The number of hydrogen-bond donors (Lipinski definition) is 1. The minimum Gasteiger partial charge on any atom is -0.319 e. The first-order valence-corrected chi connectivity index (χ1v) is 6.45. The smallest absolute Gasteiger partial charge is 0.0783 e. The molecule has 0 atom stereocenters. The summed E-state index contributed by atoms with van der Waals surface area (Å²) >= 11 is 3.55. The molecule has 4 heteroatoms. The summed E-state index contributed by atoms with van der Waals surface area (Å²) in [5.41, 5.74) is 3.43. The van der Waals surface area contributed by atoms with Gasteiger partial charge in [-0.3, -0.25) is 0 Å². The Morgan fingerprint density at radius 1 is 1.29 bits per heavy atom. The summed E-state index contributed by atoms with van der Waals surface area (Å²) < 4.78 is 2.97. The third kappa shape index (κ3) is 2.96. The van der Waals surface area contributed by atoms with Gasteiger partial charge in [0.15, 0.2) is 0 Å². The topological polar surface area (TPSA) is 29.9 Å². The average Bonchev–Trinajstić information content (AvgIpc) is 2.69. The largest absolute Gasteiger partial charge is 0.319 e. The number of aryl methyl sites for hydroxylation is 1. The maximum absolute atomic E-state index is 4.58. The Kier molecular flexibility index (Phi) is 3.97. The fourth-order valence-electron chi connectivity index (χ4n) is 1.63. The van der Waals surface area contributed by atoms with Crippen molar-refractivity contribution in [2.45, 2.75) is 13.3 Å². The van der Waals surface area contributed by atoms with E-state index in [-0.39, 0.29) is 0 Å². The Morgan fingerprint density at radius 2 is 2.00 bits per heavy atom. The molecule has 1 N–H and O–H groups in total. The van der Waals surface area contributed by atoms with Crippen LogP contribution in [0.1, 0.15) is 11.3 Å². The highest BCUT2D eigenvalue weighted by atomic mass is 79.9. The van der Waals surface area contributed by atoms with Crippen molar-refractivity contribution in [3.05, 3.63) is 46.2 Å². The molecule has 0 fully saturated rings. The summed E-state index contributed by atoms with van der Waals surface area (Å²) in [5, 5.41) is 7.71. The third-order valence-electron chi connectivity index (χ3n) is 2.65. The van der Waals surface area contributed by atoms with Crippen LogP contribution in [0.15, 0.2) is 34.9 Å². The number of rotatable bonds is 4. The van der Waals surface area contributed by atoms with E-state index in [0.29, 0.717) is 0 Å². The van der Waals surface area contributed by atoms with Crippen LogP contribution in [0.2, 0.25) is 0 Å². The molecular formula is C13H16BrN3. The molecule has 0 bridgehead atoms. The van der Waals surface area contributed by atoms with Crippen molar-refractivity contribution in [1.82, 2.24) is 15.1 Å². The predicted molar refractivity (Wildman–Crippen MR) is 73.6 cm³/mol. The molecule has 2 rings (SSSR count). The van der Waals surface area contributed by atoms with Gasteiger partial charge in [-0.25, -0.2) is 4.68 Å². The zero-order valence-corrected chi connectivity index (χ0v) is 11.7. The highest BCUT2D eigenvalue weighted by molar-refractivity contribution is 9.10. The molecular weight excluding hydrogens is 278 g/mol. The summed E-state index contributed by atoms with van der Waals surface area (Å²) in [6.45, 7) is 3.02. The number of aromatic nitrogens is 2. The lowest BCUT2D eigenvalue weighted by Crippen LogP contribution is -2.11. The summed E-state index contributed by atoms with van der Waals surface area (Å²) in [7, 11) is 1.95. The number of halogens is 1. The Bertz CT molecular complexity index is 488. The molecule has 0 saturated carbocycles. The van der Waals surface area contributed by atoms with Crippen molar-refractivity contribution in [1.29, 1.82) is 0 Å². The van der Waals surface area contributed by atoms with Gasteiger partial charge in [-0.2, -0.15) is 5.10 Å². The van der Waals surface area contributed by atoms with Gasteiger partial charge >= 0.3 is 0 Å². The van der Waals surface area contributed by atoms with Crippen molar-refractivity contribution < 1.29 is 0 Å². The van der Waals surface area contributed by atoms with E-state index in [4.69, 9.17) is 0 Å². The van der Waals surface area contributed by atoms with Gasteiger partial charge < -0.3 is 5.32 Å². The molecule has 0 amide bonds. The minimum absolute atomic E-state index is 0.927. The van der Waals surface area contributed by atoms with Crippen LogP contribution in [-0.2, 0) is 6.42 Å². The molecule has 3 nitrogen and oxygen atoms in total. The highest BCUT2D eigenvalue weighted by Gasteiger charge is 2.06. The quantitative estimate of drug-likeness (QED) is 0.939. The van der Waals surface area contributed by atoms with Crippen LogP contribution in [0.25, 0.3) is 5.69 Å². The van der Waals surface area contributed by atoms with Crippen LogP contribution in [0.4, 0.5) is 0 Å². The number of nitrogens with zero attached hydrogens (tertiary/aromatic N) is 2. The highest BCUT2D eigenvalue weighted by Crippen LogP contribution is 2.18. The van der Waals surface area contributed by atoms with E-state index in [1.54, 1.807) is 0 Å². The van der Waals surface area contributed by atoms with E-state index in [1.807, 2.05) is 17.9 Å². The molecule has 0 saturated heterocycles. The molecule has 0 radical (unpaired) electrons. The Balaban J connectivity index is 2.24. The summed E-state index contributed by atoms with van der Waals surface area (Å²) in [5.74, 6) is 0. The van der Waals surface area contributed by atoms with Gasteiger partial charge in [0.05, 0.1) is 15.9 Å². The molecule has 1 aromatic heterocycles. The molecule has 0 aliphatic carbocycles. The maximum Gasteiger partial charge on any atom is 0.0783 e. The summed E-state index contributed by atoms with van der Waals surface area (Å²) in [6.07, 6.45) is 2.94. The second-order valence-corrected chi connectivity index (χ2v) is 4.91. The van der Waals surface area contributed by atoms with Crippen molar-refractivity contribution in [2.75, 3.05) is 13.6 Å². The van der Waals surface area contributed by atoms with Gasteiger partial charge in [0.2, 0.25) is 0 Å². The molecule has 2 aromatic rings. The predicted octanol–water partition coefficient (Wildman–Crippen LogP) is 2.71. The second kappa shape index (κ2) is 5.47. The van der Waals surface area contributed by atoms with Crippen LogP contribution in [0.3, 0.4) is 0 Å². The minimum atomic E-state index is 0.927. The van der Waals surface area contributed by atoms with Crippen molar-refractivity contribution in [3.63, 3.8) is 0 Å². The van der Waals surface area contributed by atoms with Gasteiger partial charge in [-0.15, -0.1) is 0 Å². The van der Waals surface area contributed by atoms with Crippen molar-refractivity contribution in [2.24, 2.45) is 0 Å². The molecule has 0 aliphatic rings. The van der Waals surface area contributed by atoms with E-state index >= 15 is 0 Å². The summed E-state index contributed by atoms with van der Waals surface area (Å²) in [6, 6.07) is 8.35. The van der Waals surface area contributed by atoms with Gasteiger partial charge in [0, 0.05) is 19.2 Å². The zero-order chi connectivity index (χ0) is 12.3. The molecule has 1 heterocycles. The Labute approximate surface area is 110 Å². The molecule has 90 valence electrons. The van der Waals surface area contributed by atoms with Crippen LogP contribution < -0.4 is 5.32 Å². The lowest BCUT2D eigenvalue weighted by atomic mass is 10.2. The van der Waals surface area contributed by atoms with Crippen molar-refractivity contribution in [3.8, 4) is 5.69 Å². The fourth-order valence-corrected chi connectivity index (χ4v) is 2.10. The van der Waals surface area contributed by atoms with Gasteiger partial charge in [-0.05, 0) is 42.0 Å². The number of benzene rings is 1.